The maximum Gasteiger partial charge on any atom is 0.276 e. The Morgan fingerprint density at radius 1 is 1.00 bits per heavy atom. The molecule has 0 radical (unpaired) electrons. The van der Waals surface area contributed by atoms with Crippen molar-refractivity contribution in [1.82, 2.24) is 14.8 Å². The van der Waals surface area contributed by atoms with Crippen LogP contribution in [-0.4, -0.2) is 20.7 Å². The van der Waals surface area contributed by atoms with E-state index in [-0.39, 0.29) is 11.7 Å². The summed E-state index contributed by atoms with van der Waals surface area (Å²) in [6, 6.07) is 15.7. The van der Waals surface area contributed by atoms with Crippen LogP contribution in [0.3, 0.4) is 0 Å². The number of halogens is 1. The molecular formula is C23H19FN4O. The molecule has 0 atom stereocenters. The number of pyridine rings is 1. The molecule has 0 bridgehead atoms. The fourth-order valence-electron chi connectivity index (χ4n) is 3.96. The van der Waals surface area contributed by atoms with Gasteiger partial charge in [0, 0.05) is 22.8 Å². The zero-order chi connectivity index (χ0) is 19.8. The van der Waals surface area contributed by atoms with E-state index >= 15 is 0 Å². The van der Waals surface area contributed by atoms with E-state index in [1.165, 1.54) is 12.1 Å². The molecule has 0 aliphatic heterocycles. The van der Waals surface area contributed by atoms with E-state index in [2.05, 4.69) is 15.4 Å². The Morgan fingerprint density at radius 2 is 1.79 bits per heavy atom. The molecular weight excluding hydrogens is 367 g/mol. The second-order valence-corrected chi connectivity index (χ2v) is 7.20. The number of anilines is 1. The van der Waals surface area contributed by atoms with E-state index in [4.69, 9.17) is 0 Å². The monoisotopic (exact) mass is 386 g/mol. The second kappa shape index (κ2) is 7.13. The maximum absolute atomic E-state index is 13.3. The molecule has 1 aliphatic rings. The summed E-state index contributed by atoms with van der Waals surface area (Å²) < 4.78 is 15.1. The van der Waals surface area contributed by atoms with Crippen LogP contribution < -0.4 is 5.32 Å². The van der Waals surface area contributed by atoms with E-state index < -0.39 is 0 Å². The van der Waals surface area contributed by atoms with Gasteiger partial charge in [0.15, 0.2) is 5.69 Å². The number of hydrogen-bond acceptors (Lipinski definition) is 3. The molecule has 29 heavy (non-hydrogen) atoms. The number of carbonyl (C=O) groups is 1. The lowest BCUT2D eigenvalue weighted by Crippen LogP contribution is -2.16. The van der Waals surface area contributed by atoms with Gasteiger partial charge in [-0.3, -0.25) is 9.78 Å². The van der Waals surface area contributed by atoms with E-state index in [1.807, 2.05) is 30.3 Å². The molecule has 0 unspecified atom stereocenters. The van der Waals surface area contributed by atoms with Crippen molar-refractivity contribution in [3.8, 4) is 5.69 Å². The Bertz CT molecular complexity index is 1210. The van der Waals surface area contributed by atoms with Crippen molar-refractivity contribution in [2.24, 2.45) is 0 Å². The Kier molecular flexibility index (Phi) is 4.31. The smallest absolute Gasteiger partial charge is 0.276 e. The SMILES string of the molecule is O=C(Nc1cccc2cccnc12)c1nn(-c2ccc(F)cc2)c2c1CCCC2. The molecule has 2 heterocycles. The molecule has 0 saturated heterocycles. The topological polar surface area (TPSA) is 59.8 Å². The first-order valence-corrected chi connectivity index (χ1v) is 9.72. The van der Waals surface area contributed by atoms with E-state index in [0.717, 1.165) is 53.5 Å². The van der Waals surface area contributed by atoms with Crippen LogP contribution in [0.15, 0.2) is 60.8 Å². The molecule has 0 fully saturated rings. The maximum atomic E-state index is 13.3. The molecule has 5 rings (SSSR count). The average Bonchev–Trinajstić information content (AvgIpc) is 3.14. The van der Waals surface area contributed by atoms with Crippen LogP contribution in [-0.2, 0) is 12.8 Å². The number of nitrogens with zero attached hydrogens (tertiary/aromatic N) is 3. The van der Waals surface area contributed by atoms with Crippen molar-refractivity contribution < 1.29 is 9.18 Å². The Morgan fingerprint density at radius 3 is 2.66 bits per heavy atom. The fraction of sp³-hybridized carbons (Fsp3) is 0.174. The van der Waals surface area contributed by atoms with Crippen molar-refractivity contribution in [3.05, 3.63) is 83.6 Å². The average molecular weight is 386 g/mol. The minimum absolute atomic E-state index is 0.248. The van der Waals surface area contributed by atoms with Gasteiger partial charge in [-0.15, -0.1) is 0 Å². The quantitative estimate of drug-likeness (QED) is 0.556. The Balaban J connectivity index is 1.55. The molecule has 2 aromatic heterocycles. The van der Waals surface area contributed by atoms with Crippen LogP contribution in [0.1, 0.15) is 34.6 Å². The van der Waals surface area contributed by atoms with Crippen molar-refractivity contribution in [2.45, 2.75) is 25.7 Å². The minimum atomic E-state index is -0.295. The summed E-state index contributed by atoms with van der Waals surface area (Å²) in [6.07, 6.45) is 5.45. The zero-order valence-corrected chi connectivity index (χ0v) is 15.7. The summed E-state index contributed by atoms with van der Waals surface area (Å²) in [5.41, 5.74) is 4.60. The van der Waals surface area contributed by atoms with Crippen molar-refractivity contribution >= 4 is 22.5 Å². The summed E-state index contributed by atoms with van der Waals surface area (Å²) in [5.74, 6) is -0.543. The van der Waals surface area contributed by atoms with Gasteiger partial charge in [0.1, 0.15) is 5.82 Å². The lowest BCUT2D eigenvalue weighted by Gasteiger charge is -2.14. The van der Waals surface area contributed by atoms with Crippen LogP contribution in [0.5, 0.6) is 0 Å². The Hall–Kier alpha value is -3.54. The first kappa shape index (κ1) is 17.6. The number of carbonyl (C=O) groups excluding carboxylic acids is 1. The van der Waals surface area contributed by atoms with Gasteiger partial charge in [-0.2, -0.15) is 5.10 Å². The minimum Gasteiger partial charge on any atom is -0.319 e. The number of aromatic nitrogens is 3. The molecule has 1 amide bonds. The number of benzene rings is 2. The largest absolute Gasteiger partial charge is 0.319 e. The normalized spacial score (nSPS) is 13.3. The van der Waals surface area contributed by atoms with E-state index in [0.29, 0.717) is 11.4 Å². The third-order valence-electron chi connectivity index (χ3n) is 5.35. The predicted molar refractivity (Wildman–Crippen MR) is 110 cm³/mol. The summed E-state index contributed by atoms with van der Waals surface area (Å²) in [5, 5.41) is 8.58. The fourth-order valence-corrected chi connectivity index (χ4v) is 3.96. The number of fused-ring (bicyclic) bond motifs is 2. The number of amides is 1. The van der Waals surface area contributed by atoms with E-state index in [1.54, 1.807) is 23.0 Å². The van der Waals surface area contributed by atoms with Crippen molar-refractivity contribution in [2.75, 3.05) is 5.32 Å². The van der Waals surface area contributed by atoms with Crippen molar-refractivity contribution in [1.29, 1.82) is 0 Å². The highest BCUT2D eigenvalue weighted by molar-refractivity contribution is 6.08. The lowest BCUT2D eigenvalue weighted by molar-refractivity contribution is 0.102. The summed E-state index contributed by atoms with van der Waals surface area (Å²) in [7, 11) is 0. The predicted octanol–water partition coefficient (Wildman–Crippen LogP) is 4.69. The van der Waals surface area contributed by atoms with Crippen molar-refractivity contribution in [3.63, 3.8) is 0 Å². The first-order valence-electron chi connectivity index (χ1n) is 9.72. The van der Waals surface area contributed by atoms with E-state index in [9.17, 15) is 9.18 Å². The van der Waals surface area contributed by atoms with Crippen LogP contribution in [0.25, 0.3) is 16.6 Å². The van der Waals surface area contributed by atoms with Gasteiger partial charge in [-0.1, -0.05) is 18.2 Å². The number of para-hydroxylation sites is 1. The van der Waals surface area contributed by atoms with Gasteiger partial charge in [0.25, 0.3) is 5.91 Å². The highest BCUT2D eigenvalue weighted by atomic mass is 19.1. The molecule has 0 spiro atoms. The summed E-state index contributed by atoms with van der Waals surface area (Å²) in [4.78, 5) is 17.6. The lowest BCUT2D eigenvalue weighted by atomic mass is 9.95. The molecule has 6 heteroatoms. The zero-order valence-electron chi connectivity index (χ0n) is 15.7. The summed E-state index contributed by atoms with van der Waals surface area (Å²) >= 11 is 0. The van der Waals surface area contributed by atoms with Crippen LogP contribution >= 0.6 is 0 Å². The Labute approximate surface area is 167 Å². The molecule has 0 saturated carbocycles. The van der Waals surface area contributed by atoms with Gasteiger partial charge < -0.3 is 5.32 Å². The highest BCUT2D eigenvalue weighted by Crippen LogP contribution is 2.28. The van der Waals surface area contributed by atoms with Gasteiger partial charge in [0.2, 0.25) is 0 Å². The highest BCUT2D eigenvalue weighted by Gasteiger charge is 2.26. The van der Waals surface area contributed by atoms with Gasteiger partial charge in [-0.05, 0) is 62.1 Å². The second-order valence-electron chi connectivity index (χ2n) is 7.20. The number of rotatable bonds is 3. The molecule has 1 N–H and O–H groups in total. The molecule has 5 nitrogen and oxygen atoms in total. The first-order chi connectivity index (χ1) is 14.2. The number of nitrogens with one attached hydrogen (secondary N) is 1. The molecule has 4 aromatic rings. The standard InChI is InChI=1S/C23H19FN4O/c24-16-10-12-17(13-11-16)28-20-9-2-1-7-18(20)22(27-28)23(29)26-19-8-3-5-15-6-4-14-25-21(15)19/h3-6,8,10-14H,1-2,7,9H2,(H,26,29). The van der Waals surface area contributed by atoms with Crippen LogP contribution in [0.4, 0.5) is 10.1 Å². The van der Waals surface area contributed by atoms with Crippen LogP contribution in [0.2, 0.25) is 0 Å². The molecule has 2 aromatic carbocycles. The number of hydrogen-bond donors (Lipinski definition) is 1. The third-order valence-corrected chi connectivity index (χ3v) is 5.35. The van der Waals surface area contributed by atoms with Crippen LogP contribution in [0, 0.1) is 5.82 Å². The van der Waals surface area contributed by atoms with Gasteiger partial charge in [0.05, 0.1) is 16.9 Å². The van der Waals surface area contributed by atoms with Gasteiger partial charge in [-0.25, -0.2) is 9.07 Å². The van der Waals surface area contributed by atoms with Gasteiger partial charge >= 0.3 is 0 Å². The molecule has 144 valence electrons. The summed E-state index contributed by atoms with van der Waals surface area (Å²) in [6.45, 7) is 0. The molecule has 1 aliphatic carbocycles. The third kappa shape index (κ3) is 3.16.